The molecule has 1 aromatic heterocycles. The Hall–Kier alpha value is -1.17. The summed E-state index contributed by atoms with van der Waals surface area (Å²) in [6.45, 7) is 1.11. The van der Waals surface area contributed by atoms with Gasteiger partial charge in [-0.15, -0.1) is 0 Å². The Bertz CT molecular complexity index is 340. The number of rotatable bonds is 4. The Morgan fingerprint density at radius 3 is 2.60 bits per heavy atom. The number of pyridine rings is 1. The first-order chi connectivity index (χ1) is 7.11. The summed E-state index contributed by atoms with van der Waals surface area (Å²) in [5, 5.41) is 37.1. The van der Waals surface area contributed by atoms with Gasteiger partial charge in [-0.25, -0.2) is 0 Å². The molecule has 0 aliphatic carbocycles. The molecule has 0 aliphatic rings. The number of aliphatic hydroxyl groups excluding tert-OH is 3. The fourth-order valence-corrected chi connectivity index (χ4v) is 1.42. The SMILES string of the molecule is Cc1ncc(CO)c(C(O)CCO)c1O. The van der Waals surface area contributed by atoms with E-state index in [4.69, 9.17) is 10.2 Å². The molecule has 0 fully saturated rings. The summed E-state index contributed by atoms with van der Waals surface area (Å²) in [5.41, 5.74) is 1.01. The van der Waals surface area contributed by atoms with Crippen molar-refractivity contribution in [3.8, 4) is 5.75 Å². The van der Waals surface area contributed by atoms with E-state index in [0.717, 1.165) is 0 Å². The predicted molar refractivity (Wildman–Crippen MR) is 53.2 cm³/mol. The number of hydrogen-bond donors (Lipinski definition) is 4. The van der Waals surface area contributed by atoms with Crippen LogP contribution in [0.4, 0.5) is 0 Å². The summed E-state index contributed by atoms with van der Waals surface area (Å²) < 4.78 is 0. The van der Waals surface area contributed by atoms with Gasteiger partial charge in [-0.1, -0.05) is 0 Å². The van der Waals surface area contributed by atoms with E-state index in [9.17, 15) is 10.2 Å². The van der Waals surface area contributed by atoms with Crippen molar-refractivity contribution in [1.29, 1.82) is 0 Å². The minimum Gasteiger partial charge on any atom is -0.506 e. The Morgan fingerprint density at radius 2 is 2.07 bits per heavy atom. The van der Waals surface area contributed by atoms with E-state index >= 15 is 0 Å². The van der Waals surface area contributed by atoms with E-state index in [1.807, 2.05) is 0 Å². The maximum absolute atomic E-state index is 9.69. The zero-order chi connectivity index (χ0) is 11.4. The molecule has 1 atom stereocenters. The Kier molecular flexibility index (Phi) is 4.02. The third-order valence-electron chi connectivity index (χ3n) is 2.26. The summed E-state index contributed by atoms with van der Waals surface area (Å²) in [5.74, 6) is -0.123. The zero-order valence-electron chi connectivity index (χ0n) is 8.51. The molecule has 4 N–H and O–H groups in total. The average Bonchev–Trinajstić information content (AvgIpc) is 2.22. The quantitative estimate of drug-likeness (QED) is 0.565. The van der Waals surface area contributed by atoms with Gasteiger partial charge in [0.15, 0.2) is 0 Å². The number of nitrogens with zero attached hydrogens (tertiary/aromatic N) is 1. The molecule has 0 spiro atoms. The molecule has 5 heteroatoms. The van der Waals surface area contributed by atoms with Gasteiger partial charge in [-0.3, -0.25) is 4.98 Å². The van der Waals surface area contributed by atoms with Crippen molar-refractivity contribution in [2.24, 2.45) is 0 Å². The minimum absolute atomic E-state index is 0.115. The summed E-state index contributed by atoms with van der Waals surface area (Å²) in [4.78, 5) is 3.87. The molecule has 1 unspecified atom stereocenters. The second-order valence-corrected chi connectivity index (χ2v) is 3.32. The normalized spacial score (nSPS) is 12.8. The Labute approximate surface area is 87.7 Å². The van der Waals surface area contributed by atoms with Crippen LogP contribution in [0, 0.1) is 6.92 Å². The van der Waals surface area contributed by atoms with Gasteiger partial charge in [0.2, 0.25) is 0 Å². The Balaban J connectivity index is 3.17. The largest absolute Gasteiger partial charge is 0.506 e. The van der Waals surface area contributed by atoms with E-state index in [2.05, 4.69) is 4.98 Å². The van der Waals surface area contributed by atoms with Crippen LogP contribution in [-0.4, -0.2) is 32.0 Å². The van der Waals surface area contributed by atoms with Gasteiger partial charge in [0.25, 0.3) is 0 Å². The molecule has 0 bridgehead atoms. The van der Waals surface area contributed by atoms with Crippen LogP contribution in [0.5, 0.6) is 5.75 Å². The molecule has 0 amide bonds. The highest BCUT2D eigenvalue weighted by molar-refractivity contribution is 5.42. The van der Waals surface area contributed by atoms with Crippen LogP contribution >= 0.6 is 0 Å². The van der Waals surface area contributed by atoms with Gasteiger partial charge >= 0.3 is 0 Å². The third-order valence-corrected chi connectivity index (χ3v) is 2.26. The fraction of sp³-hybridized carbons (Fsp3) is 0.500. The van der Waals surface area contributed by atoms with E-state index in [1.54, 1.807) is 6.92 Å². The van der Waals surface area contributed by atoms with Crippen LogP contribution in [0.25, 0.3) is 0 Å². The van der Waals surface area contributed by atoms with Crippen molar-refractivity contribution in [3.05, 3.63) is 23.0 Å². The number of hydrogen-bond acceptors (Lipinski definition) is 5. The molecule has 0 saturated carbocycles. The number of aliphatic hydroxyl groups is 3. The highest BCUT2D eigenvalue weighted by Crippen LogP contribution is 2.31. The lowest BCUT2D eigenvalue weighted by atomic mass is 10.0. The molecule has 0 saturated heterocycles. The number of aromatic hydroxyl groups is 1. The molecule has 0 aliphatic heterocycles. The highest BCUT2D eigenvalue weighted by atomic mass is 16.3. The summed E-state index contributed by atoms with van der Waals surface area (Å²) in [6, 6.07) is 0. The average molecular weight is 213 g/mol. The smallest absolute Gasteiger partial charge is 0.142 e. The predicted octanol–water partition coefficient (Wildman–Crippen LogP) is 0.00372. The lowest BCUT2D eigenvalue weighted by molar-refractivity contribution is 0.128. The number of aryl methyl sites for hydroxylation is 1. The van der Waals surface area contributed by atoms with Crippen molar-refractivity contribution in [1.82, 2.24) is 4.98 Å². The van der Waals surface area contributed by atoms with Gasteiger partial charge in [0.1, 0.15) is 5.75 Å². The van der Waals surface area contributed by atoms with Crippen LogP contribution in [0.15, 0.2) is 6.20 Å². The van der Waals surface area contributed by atoms with E-state index < -0.39 is 6.10 Å². The summed E-state index contributed by atoms with van der Waals surface area (Å²) in [6.07, 6.45) is 0.536. The van der Waals surface area contributed by atoms with Gasteiger partial charge in [-0.2, -0.15) is 0 Å². The molecular formula is C10H15NO4. The molecule has 1 aromatic rings. The molecule has 1 rings (SSSR count). The van der Waals surface area contributed by atoms with Crippen molar-refractivity contribution >= 4 is 0 Å². The maximum atomic E-state index is 9.69. The maximum Gasteiger partial charge on any atom is 0.142 e. The van der Waals surface area contributed by atoms with Crippen LogP contribution in [0.1, 0.15) is 29.3 Å². The first-order valence-electron chi connectivity index (χ1n) is 4.69. The molecule has 0 radical (unpaired) electrons. The molecule has 5 nitrogen and oxygen atoms in total. The number of aromatic nitrogens is 1. The fourth-order valence-electron chi connectivity index (χ4n) is 1.42. The van der Waals surface area contributed by atoms with Crippen LogP contribution < -0.4 is 0 Å². The van der Waals surface area contributed by atoms with Crippen molar-refractivity contribution < 1.29 is 20.4 Å². The second-order valence-electron chi connectivity index (χ2n) is 3.32. The third kappa shape index (κ3) is 2.44. The minimum atomic E-state index is -0.987. The topological polar surface area (TPSA) is 93.8 Å². The highest BCUT2D eigenvalue weighted by Gasteiger charge is 2.18. The van der Waals surface area contributed by atoms with Gasteiger partial charge < -0.3 is 20.4 Å². The molecule has 84 valence electrons. The monoisotopic (exact) mass is 213 g/mol. The summed E-state index contributed by atoms with van der Waals surface area (Å²) >= 11 is 0. The van der Waals surface area contributed by atoms with E-state index in [-0.39, 0.29) is 30.9 Å². The molecule has 1 heterocycles. The van der Waals surface area contributed by atoms with Gasteiger partial charge in [-0.05, 0) is 6.92 Å². The first-order valence-corrected chi connectivity index (χ1v) is 4.69. The van der Waals surface area contributed by atoms with Gasteiger partial charge in [0, 0.05) is 30.4 Å². The Morgan fingerprint density at radius 1 is 1.40 bits per heavy atom. The van der Waals surface area contributed by atoms with Crippen LogP contribution in [0.3, 0.4) is 0 Å². The lowest BCUT2D eigenvalue weighted by Crippen LogP contribution is -2.06. The molecule has 0 aromatic carbocycles. The standard InChI is InChI=1S/C10H15NO4/c1-6-10(15)9(8(14)2-3-12)7(5-13)4-11-6/h4,8,12-15H,2-3,5H2,1H3. The molecule has 15 heavy (non-hydrogen) atoms. The van der Waals surface area contributed by atoms with Crippen molar-refractivity contribution in [2.75, 3.05) is 6.61 Å². The molecular weight excluding hydrogens is 198 g/mol. The van der Waals surface area contributed by atoms with Crippen LogP contribution in [-0.2, 0) is 6.61 Å². The zero-order valence-corrected chi connectivity index (χ0v) is 8.51. The van der Waals surface area contributed by atoms with Gasteiger partial charge in [0.05, 0.1) is 18.4 Å². The van der Waals surface area contributed by atoms with Crippen LogP contribution in [0.2, 0.25) is 0 Å². The second kappa shape index (κ2) is 5.06. The van der Waals surface area contributed by atoms with E-state index in [1.165, 1.54) is 6.20 Å². The van der Waals surface area contributed by atoms with E-state index in [0.29, 0.717) is 11.3 Å². The lowest BCUT2D eigenvalue weighted by Gasteiger charge is -2.16. The van der Waals surface area contributed by atoms with Crippen molar-refractivity contribution in [3.63, 3.8) is 0 Å². The van der Waals surface area contributed by atoms with Crippen molar-refractivity contribution in [2.45, 2.75) is 26.1 Å². The summed E-state index contributed by atoms with van der Waals surface area (Å²) in [7, 11) is 0. The first kappa shape index (κ1) is 11.9.